The lowest BCUT2D eigenvalue weighted by Gasteiger charge is -2.19. The quantitative estimate of drug-likeness (QED) is 0.640. The number of nitrogens with zero attached hydrogens (tertiary/aromatic N) is 1. The van der Waals surface area contributed by atoms with E-state index in [2.05, 4.69) is 0 Å². The van der Waals surface area contributed by atoms with Crippen LogP contribution in [0.1, 0.15) is 26.2 Å². The summed E-state index contributed by atoms with van der Waals surface area (Å²) in [6, 6.07) is 0.164. The number of hydrogen-bond acceptors (Lipinski definition) is 2. The van der Waals surface area contributed by atoms with Crippen molar-refractivity contribution in [3.05, 3.63) is 0 Å². The Morgan fingerprint density at radius 2 is 2.45 bits per heavy atom. The minimum atomic E-state index is 0.164. The highest BCUT2D eigenvalue weighted by Gasteiger charge is 2.20. The number of hydrogen-bond donors (Lipinski definition) is 1. The zero-order valence-corrected chi connectivity index (χ0v) is 7.05. The number of nitrogens with two attached hydrogens (primary N) is 1. The van der Waals surface area contributed by atoms with Crippen LogP contribution in [0.15, 0.2) is 0 Å². The average Bonchev–Trinajstić information content (AvgIpc) is 2.37. The van der Waals surface area contributed by atoms with Crippen molar-refractivity contribution in [3.8, 4) is 0 Å². The molecule has 3 heteroatoms. The van der Waals surface area contributed by atoms with Crippen LogP contribution in [0.2, 0.25) is 0 Å². The van der Waals surface area contributed by atoms with E-state index in [-0.39, 0.29) is 11.9 Å². The molecule has 64 valence electrons. The van der Waals surface area contributed by atoms with Crippen LogP contribution < -0.4 is 5.73 Å². The third kappa shape index (κ3) is 2.19. The van der Waals surface area contributed by atoms with E-state index < -0.39 is 0 Å². The molecule has 1 atom stereocenters. The lowest BCUT2D eigenvalue weighted by Crippen LogP contribution is -2.37. The summed E-state index contributed by atoms with van der Waals surface area (Å²) in [6.07, 6.45) is 2.68. The largest absolute Gasteiger partial charge is 0.341 e. The van der Waals surface area contributed by atoms with Crippen molar-refractivity contribution >= 4 is 5.91 Å². The van der Waals surface area contributed by atoms with Crippen molar-refractivity contribution in [1.82, 2.24) is 4.90 Å². The number of amides is 1. The first-order chi connectivity index (χ1) is 5.24. The highest BCUT2D eigenvalue weighted by molar-refractivity contribution is 5.78. The normalized spacial score (nSPS) is 20.9. The van der Waals surface area contributed by atoms with Gasteiger partial charge in [-0.25, -0.2) is 0 Å². The summed E-state index contributed by atoms with van der Waals surface area (Å²) in [5.74, 6) is 0.272. The number of likely N-dealkylation sites (tertiary alicyclic amines) is 1. The molecule has 0 saturated carbocycles. The molecule has 0 aromatic heterocycles. The maximum Gasteiger partial charge on any atom is 0.222 e. The zero-order chi connectivity index (χ0) is 8.27. The molecular weight excluding hydrogens is 140 g/mol. The molecule has 0 radical (unpaired) electrons. The molecule has 1 rings (SSSR count). The van der Waals surface area contributed by atoms with Crippen LogP contribution in [0, 0.1) is 0 Å². The number of carbonyl (C=O) groups is 1. The van der Waals surface area contributed by atoms with Crippen LogP contribution in [0.5, 0.6) is 0 Å². The smallest absolute Gasteiger partial charge is 0.222 e. The Hall–Kier alpha value is -0.570. The lowest BCUT2D eigenvalue weighted by atomic mass is 10.2. The van der Waals surface area contributed by atoms with E-state index in [0.717, 1.165) is 32.4 Å². The minimum Gasteiger partial charge on any atom is -0.341 e. The predicted octanol–water partition coefficient (Wildman–Crippen LogP) is 0.346. The summed E-state index contributed by atoms with van der Waals surface area (Å²) < 4.78 is 0. The van der Waals surface area contributed by atoms with Gasteiger partial charge in [0.25, 0.3) is 0 Å². The Labute approximate surface area is 67.5 Å². The molecule has 0 aliphatic carbocycles. The van der Waals surface area contributed by atoms with Crippen LogP contribution >= 0.6 is 0 Å². The molecule has 0 bridgehead atoms. The van der Waals surface area contributed by atoms with E-state index in [1.165, 1.54) is 0 Å². The summed E-state index contributed by atoms with van der Waals surface area (Å²) in [7, 11) is 0. The third-order valence-corrected chi connectivity index (χ3v) is 2.15. The summed E-state index contributed by atoms with van der Waals surface area (Å²) >= 11 is 0. The Morgan fingerprint density at radius 1 is 1.73 bits per heavy atom. The predicted molar refractivity (Wildman–Crippen MR) is 44.1 cm³/mol. The van der Waals surface area contributed by atoms with Crippen molar-refractivity contribution in [3.63, 3.8) is 0 Å². The van der Waals surface area contributed by atoms with E-state index in [9.17, 15) is 4.79 Å². The fraction of sp³-hybridized carbons (Fsp3) is 0.875. The molecule has 1 heterocycles. The van der Waals surface area contributed by atoms with E-state index in [1.807, 2.05) is 11.8 Å². The molecule has 1 saturated heterocycles. The second-order valence-corrected chi connectivity index (χ2v) is 3.11. The first-order valence-electron chi connectivity index (χ1n) is 4.27. The number of carbonyl (C=O) groups excluding carboxylic acids is 1. The van der Waals surface area contributed by atoms with Gasteiger partial charge in [-0.2, -0.15) is 0 Å². The molecule has 0 aromatic rings. The Kier molecular flexibility index (Phi) is 2.88. The molecule has 1 amide bonds. The zero-order valence-electron chi connectivity index (χ0n) is 7.05. The van der Waals surface area contributed by atoms with Gasteiger partial charge in [0, 0.05) is 25.6 Å². The lowest BCUT2D eigenvalue weighted by molar-refractivity contribution is -0.127. The first kappa shape index (κ1) is 8.53. The maximum absolute atomic E-state index is 11.1. The topological polar surface area (TPSA) is 46.3 Å². The van der Waals surface area contributed by atoms with E-state index in [4.69, 9.17) is 5.73 Å². The molecule has 1 aliphatic rings. The van der Waals surface area contributed by atoms with Gasteiger partial charge in [0.2, 0.25) is 5.91 Å². The van der Waals surface area contributed by atoms with Gasteiger partial charge in [0.1, 0.15) is 0 Å². The summed E-state index contributed by atoms with van der Waals surface area (Å²) in [4.78, 5) is 13.0. The fourth-order valence-electron chi connectivity index (χ4n) is 1.31. The fourth-order valence-corrected chi connectivity index (χ4v) is 1.31. The van der Waals surface area contributed by atoms with Crippen molar-refractivity contribution in [2.75, 3.05) is 13.1 Å². The van der Waals surface area contributed by atoms with Crippen LogP contribution in [-0.4, -0.2) is 29.9 Å². The van der Waals surface area contributed by atoms with Gasteiger partial charge in [-0.15, -0.1) is 0 Å². The Bertz CT molecular complexity index is 147. The molecule has 0 aromatic carbocycles. The highest BCUT2D eigenvalue weighted by Crippen LogP contribution is 2.09. The van der Waals surface area contributed by atoms with Gasteiger partial charge in [0.15, 0.2) is 0 Å². The maximum atomic E-state index is 11.1. The van der Waals surface area contributed by atoms with Gasteiger partial charge in [-0.05, 0) is 12.8 Å². The third-order valence-electron chi connectivity index (χ3n) is 2.15. The first-order valence-corrected chi connectivity index (χ1v) is 4.27. The van der Waals surface area contributed by atoms with E-state index >= 15 is 0 Å². The molecule has 1 fully saturated rings. The standard InChI is InChI=1S/C8H16N2O/c1-2-7(9)6-10-5-3-4-8(10)11/h7H,2-6,9H2,1H3. The number of rotatable bonds is 3. The summed E-state index contributed by atoms with van der Waals surface area (Å²) in [5.41, 5.74) is 5.72. The van der Waals surface area contributed by atoms with Gasteiger partial charge >= 0.3 is 0 Å². The van der Waals surface area contributed by atoms with Crippen molar-refractivity contribution < 1.29 is 4.79 Å². The van der Waals surface area contributed by atoms with Crippen molar-refractivity contribution in [2.24, 2.45) is 5.73 Å². The van der Waals surface area contributed by atoms with Crippen LogP contribution in [0.25, 0.3) is 0 Å². The van der Waals surface area contributed by atoms with Gasteiger partial charge < -0.3 is 10.6 Å². The van der Waals surface area contributed by atoms with Crippen molar-refractivity contribution in [1.29, 1.82) is 0 Å². The Balaban J connectivity index is 2.30. The monoisotopic (exact) mass is 156 g/mol. The molecular formula is C8H16N2O. The van der Waals surface area contributed by atoms with Crippen LogP contribution in [0.4, 0.5) is 0 Å². The second-order valence-electron chi connectivity index (χ2n) is 3.11. The summed E-state index contributed by atoms with van der Waals surface area (Å²) in [6.45, 7) is 3.70. The highest BCUT2D eigenvalue weighted by atomic mass is 16.2. The van der Waals surface area contributed by atoms with Gasteiger partial charge in [-0.3, -0.25) is 4.79 Å². The van der Waals surface area contributed by atoms with E-state index in [1.54, 1.807) is 0 Å². The molecule has 0 spiro atoms. The molecule has 2 N–H and O–H groups in total. The summed E-state index contributed by atoms with van der Waals surface area (Å²) in [5, 5.41) is 0. The molecule has 1 unspecified atom stereocenters. The van der Waals surface area contributed by atoms with E-state index in [0.29, 0.717) is 0 Å². The van der Waals surface area contributed by atoms with Gasteiger partial charge in [-0.1, -0.05) is 6.92 Å². The molecule has 11 heavy (non-hydrogen) atoms. The SMILES string of the molecule is CCC(N)CN1CCCC1=O. The van der Waals surface area contributed by atoms with Crippen LogP contribution in [0.3, 0.4) is 0 Å². The minimum absolute atomic E-state index is 0.164. The molecule has 3 nitrogen and oxygen atoms in total. The van der Waals surface area contributed by atoms with Crippen LogP contribution in [-0.2, 0) is 4.79 Å². The average molecular weight is 156 g/mol. The molecule has 1 aliphatic heterocycles. The van der Waals surface area contributed by atoms with Gasteiger partial charge in [0.05, 0.1) is 0 Å². The second kappa shape index (κ2) is 3.72. The Morgan fingerprint density at radius 3 is 2.91 bits per heavy atom. The van der Waals surface area contributed by atoms with Crippen molar-refractivity contribution in [2.45, 2.75) is 32.2 Å².